The van der Waals surface area contributed by atoms with Gasteiger partial charge in [-0.3, -0.25) is 0 Å². The third kappa shape index (κ3) is 5.73. The van der Waals surface area contributed by atoms with Gasteiger partial charge in [0, 0.05) is 28.9 Å². The molecule has 1 aromatic carbocycles. The topological polar surface area (TPSA) is 46.2 Å². The molecule has 0 aliphatic carbocycles. The van der Waals surface area contributed by atoms with E-state index in [1.54, 1.807) is 25.1 Å². The molecule has 0 fully saturated rings. The molecule has 6 heteroatoms. The third-order valence-electron chi connectivity index (χ3n) is 2.28. The number of sulfone groups is 1. The van der Waals surface area contributed by atoms with Gasteiger partial charge in [-0.25, -0.2) is 8.42 Å². The standard InChI is InChI=1S/C11H15Cl2NO2S/c1-2-17(15,16)4-3-14-8-9-5-10(12)7-11(13)6-9/h5-7,14H,2-4,8H2,1H3. The Morgan fingerprint density at radius 1 is 1.18 bits per heavy atom. The first kappa shape index (κ1) is 14.8. The lowest BCUT2D eigenvalue weighted by Crippen LogP contribution is -2.23. The highest BCUT2D eigenvalue weighted by atomic mass is 35.5. The first-order valence-electron chi connectivity index (χ1n) is 5.29. The molecule has 0 saturated carbocycles. The molecule has 0 bridgehead atoms. The highest BCUT2D eigenvalue weighted by molar-refractivity contribution is 7.91. The summed E-state index contributed by atoms with van der Waals surface area (Å²) >= 11 is 11.7. The minimum absolute atomic E-state index is 0.151. The lowest BCUT2D eigenvalue weighted by Gasteiger charge is -2.06. The van der Waals surface area contributed by atoms with Gasteiger partial charge in [-0.05, 0) is 23.8 Å². The van der Waals surface area contributed by atoms with Crippen LogP contribution >= 0.6 is 23.2 Å². The van der Waals surface area contributed by atoms with Crippen molar-refractivity contribution in [3.8, 4) is 0 Å². The second kappa shape index (κ2) is 6.59. The van der Waals surface area contributed by atoms with Gasteiger partial charge < -0.3 is 5.32 Å². The van der Waals surface area contributed by atoms with E-state index in [9.17, 15) is 8.42 Å². The predicted octanol–water partition coefficient (Wildman–Crippen LogP) is 2.52. The highest BCUT2D eigenvalue weighted by Gasteiger charge is 2.06. The molecule has 0 heterocycles. The fourth-order valence-electron chi connectivity index (χ4n) is 1.32. The summed E-state index contributed by atoms with van der Waals surface area (Å²) in [6, 6.07) is 5.26. The normalized spacial score (nSPS) is 11.7. The molecule has 0 radical (unpaired) electrons. The summed E-state index contributed by atoms with van der Waals surface area (Å²) in [5.74, 6) is 0.329. The number of halogens is 2. The number of hydrogen-bond donors (Lipinski definition) is 1. The maximum atomic E-state index is 11.2. The van der Waals surface area contributed by atoms with Gasteiger partial charge in [0.1, 0.15) is 0 Å². The molecular formula is C11H15Cl2NO2S. The zero-order valence-electron chi connectivity index (χ0n) is 9.54. The van der Waals surface area contributed by atoms with Crippen molar-refractivity contribution in [1.29, 1.82) is 0 Å². The van der Waals surface area contributed by atoms with E-state index in [0.717, 1.165) is 5.56 Å². The van der Waals surface area contributed by atoms with Crippen LogP contribution in [0.3, 0.4) is 0 Å². The first-order valence-corrected chi connectivity index (χ1v) is 7.87. The fourth-order valence-corrected chi connectivity index (χ4v) is 2.63. The number of rotatable bonds is 6. The Morgan fingerprint density at radius 2 is 1.76 bits per heavy atom. The summed E-state index contributed by atoms with van der Waals surface area (Å²) in [4.78, 5) is 0. The predicted molar refractivity (Wildman–Crippen MR) is 72.5 cm³/mol. The van der Waals surface area contributed by atoms with Crippen LogP contribution < -0.4 is 5.32 Å². The smallest absolute Gasteiger partial charge is 0.151 e. The van der Waals surface area contributed by atoms with Crippen molar-refractivity contribution in [2.24, 2.45) is 0 Å². The van der Waals surface area contributed by atoms with Gasteiger partial charge in [0.25, 0.3) is 0 Å². The van der Waals surface area contributed by atoms with Gasteiger partial charge in [-0.2, -0.15) is 0 Å². The van der Waals surface area contributed by atoms with Crippen LogP contribution in [-0.4, -0.2) is 26.5 Å². The van der Waals surface area contributed by atoms with E-state index in [1.807, 2.05) is 0 Å². The molecule has 17 heavy (non-hydrogen) atoms. The number of nitrogens with one attached hydrogen (secondary N) is 1. The first-order chi connectivity index (χ1) is 7.93. The minimum atomic E-state index is -2.90. The second-order valence-corrected chi connectivity index (χ2v) is 7.04. The van der Waals surface area contributed by atoms with Crippen molar-refractivity contribution in [2.45, 2.75) is 13.5 Å². The van der Waals surface area contributed by atoms with Gasteiger partial charge in [-0.1, -0.05) is 30.1 Å². The van der Waals surface area contributed by atoms with Crippen molar-refractivity contribution in [2.75, 3.05) is 18.1 Å². The van der Waals surface area contributed by atoms with E-state index < -0.39 is 9.84 Å². The van der Waals surface area contributed by atoms with Crippen LogP contribution in [0.4, 0.5) is 0 Å². The lowest BCUT2D eigenvalue weighted by atomic mass is 10.2. The largest absolute Gasteiger partial charge is 0.312 e. The molecule has 0 saturated heterocycles. The van der Waals surface area contributed by atoms with E-state index in [2.05, 4.69) is 5.32 Å². The van der Waals surface area contributed by atoms with E-state index in [1.165, 1.54) is 0 Å². The number of hydrogen-bond acceptors (Lipinski definition) is 3. The maximum absolute atomic E-state index is 11.2. The summed E-state index contributed by atoms with van der Waals surface area (Å²) in [5, 5.41) is 4.21. The van der Waals surface area contributed by atoms with E-state index >= 15 is 0 Å². The minimum Gasteiger partial charge on any atom is -0.312 e. The summed E-state index contributed by atoms with van der Waals surface area (Å²) in [6.07, 6.45) is 0. The Hall–Kier alpha value is -0.290. The summed E-state index contributed by atoms with van der Waals surface area (Å²) in [6.45, 7) is 2.63. The fraction of sp³-hybridized carbons (Fsp3) is 0.455. The summed E-state index contributed by atoms with van der Waals surface area (Å²) in [7, 11) is -2.90. The Balaban J connectivity index is 2.41. The van der Waals surface area contributed by atoms with Crippen molar-refractivity contribution >= 4 is 33.0 Å². The molecule has 1 N–H and O–H groups in total. The molecular weight excluding hydrogens is 281 g/mol. The number of benzene rings is 1. The van der Waals surface area contributed by atoms with Crippen molar-refractivity contribution in [3.05, 3.63) is 33.8 Å². The van der Waals surface area contributed by atoms with Crippen molar-refractivity contribution < 1.29 is 8.42 Å². The molecule has 0 unspecified atom stereocenters. The van der Waals surface area contributed by atoms with Gasteiger partial charge in [0.05, 0.1) is 5.75 Å². The molecule has 0 aromatic heterocycles. The van der Waals surface area contributed by atoms with Crippen LogP contribution in [0.2, 0.25) is 10.0 Å². The Bertz CT molecular complexity index is 454. The van der Waals surface area contributed by atoms with Gasteiger partial charge in [0.2, 0.25) is 0 Å². The highest BCUT2D eigenvalue weighted by Crippen LogP contribution is 2.18. The average molecular weight is 296 g/mol. The maximum Gasteiger partial charge on any atom is 0.151 e. The lowest BCUT2D eigenvalue weighted by molar-refractivity contribution is 0.592. The van der Waals surface area contributed by atoms with Crippen LogP contribution in [-0.2, 0) is 16.4 Å². The van der Waals surface area contributed by atoms with E-state index in [-0.39, 0.29) is 11.5 Å². The van der Waals surface area contributed by atoms with E-state index in [0.29, 0.717) is 23.1 Å². The van der Waals surface area contributed by atoms with Crippen LogP contribution in [0.1, 0.15) is 12.5 Å². The molecule has 0 spiro atoms. The molecule has 1 rings (SSSR count). The van der Waals surface area contributed by atoms with Crippen LogP contribution in [0.25, 0.3) is 0 Å². The second-order valence-electron chi connectivity index (χ2n) is 3.69. The summed E-state index contributed by atoms with van der Waals surface area (Å²) < 4.78 is 22.5. The third-order valence-corrected chi connectivity index (χ3v) is 4.42. The van der Waals surface area contributed by atoms with Crippen LogP contribution in [0, 0.1) is 0 Å². The molecule has 0 atom stereocenters. The Morgan fingerprint density at radius 3 is 2.29 bits per heavy atom. The SMILES string of the molecule is CCS(=O)(=O)CCNCc1cc(Cl)cc(Cl)c1. The van der Waals surface area contributed by atoms with E-state index in [4.69, 9.17) is 23.2 Å². The zero-order valence-corrected chi connectivity index (χ0v) is 11.9. The Kier molecular flexibility index (Phi) is 5.73. The molecule has 0 aliphatic heterocycles. The molecule has 0 aliphatic rings. The molecule has 1 aromatic rings. The molecule has 3 nitrogen and oxygen atoms in total. The summed E-state index contributed by atoms with van der Waals surface area (Å²) in [5.41, 5.74) is 0.941. The van der Waals surface area contributed by atoms with Gasteiger partial charge in [-0.15, -0.1) is 0 Å². The van der Waals surface area contributed by atoms with Crippen molar-refractivity contribution in [3.63, 3.8) is 0 Å². The van der Waals surface area contributed by atoms with Crippen LogP contribution in [0.5, 0.6) is 0 Å². The molecule has 96 valence electrons. The van der Waals surface area contributed by atoms with Crippen molar-refractivity contribution in [1.82, 2.24) is 5.32 Å². The Labute approximate surface area is 112 Å². The van der Waals surface area contributed by atoms with Gasteiger partial charge in [0.15, 0.2) is 9.84 Å². The van der Waals surface area contributed by atoms with Gasteiger partial charge >= 0.3 is 0 Å². The zero-order chi connectivity index (χ0) is 12.9. The quantitative estimate of drug-likeness (QED) is 0.821. The average Bonchev–Trinajstić information content (AvgIpc) is 2.23. The monoisotopic (exact) mass is 295 g/mol. The molecule has 0 amide bonds. The van der Waals surface area contributed by atoms with Crippen LogP contribution in [0.15, 0.2) is 18.2 Å².